The van der Waals surface area contributed by atoms with E-state index in [4.69, 9.17) is 0 Å². The Balaban J connectivity index is 1.45. The molecule has 3 aromatic rings. The lowest BCUT2D eigenvalue weighted by Crippen LogP contribution is -2.07. The van der Waals surface area contributed by atoms with E-state index in [1.807, 2.05) is 30.3 Å². The van der Waals surface area contributed by atoms with Crippen LogP contribution >= 0.6 is 0 Å². The van der Waals surface area contributed by atoms with E-state index in [1.54, 1.807) is 6.33 Å². The van der Waals surface area contributed by atoms with Gasteiger partial charge in [0.05, 0.1) is 0 Å². The summed E-state index contributed by atoms with van der Waals surface area (Å²) >= 11 is 0. The van der Waals surface area contributed by atoms with Crippen molar-refractivity contribution in [2.75, 3.05) is 17.2 Å². The van der Waals surface area contributed by atoms with Crippen molar-refractivity contribution in [2.24, 2.45) is 0 Å². The van der Waals surface area contributed by atoms with Gasteiger partial charge < -0.3 is 10.6 Å². The fourth-order valence-electron chi connectivity index (χ4n) is 2.49. The Bertz CT molecular complexity index is 729. The number of nitrogens with one attached hydrogen (secondary N) is 2. The predicted octanol–water partition coefficient (Wildman–Crippen LogP) is 4.13. The third-order valence-corrected chi connectivity index (χ3v) is 3.77. The maximum absolute atomic E-state index is 4.28. The highest BCUT2D eigenvalue weighted by molar-refractivity contribution is 5.46. The van der Waals surface area contributed by atoms with E-state index in [1.165, 1.54) is 11.1 Å². The molecule has 0 amide bonds. The van der Waals surface area contributed by atoms with Crippen LogP contribution in [0.4, 0.5) is 11.6 Å². The molecule has 0 saturated heterocycles. The molecule has 0 aliphatic carbocycles. The summed E-state index contributed by atoms with van der Waals surface area (Å²) in [6.45, 7) is 1.65. The Morgan fingerprint density at radius 1 is 0.708 bits per heavy atom. The maximum Gasteiger partial charge on any atom is 0.131 e. The largest absolute Gasteiger partial charge is 0.370 e. The third-order valence-electron chi connectivity index (χ3n) is 3.77. The molecule has 122 valence electrons. The molecule has 4 heteroatoms. The van der Waals surface area contributed by atoms with E-state index in [9.17, 15) is 0 Å². The standard InChI is InChI=1S/C20H22N4/c1-3-8-17(9-4-1)12-7-13-21-19-14-20(24-16-23-19)22-15-18-10-5-2-6-11-18/h1-6,8-11,14,16H,7,12-13,15H2,(H2,21,22,23,24). The Morgan fingerprint density at radius 3 is 2.04 bits per heavy atom. The van der Waals surface area contributed by atoms with Gasteiger partial charge in [0.25, 0.3) is 0 Å². The van der Waals surface area contributed by atoms with Crippen LogP contribution in [0.3, 0.4) is 0 Å². The molecule has 0 fully saturated rings. The van der Waals surface area contributed by atoms with E-state index in [2.05, 4.69) is 57.0 Å². The molecule has 4 nitrogen and oxygen atoms in total. The Morgan fingerprint density at radius 2 is 1.33 bits per heavy atom. The van der Waals surface area contributed by atoms with Crippen LogP contribution in [0.1, 0.15) is 17.5 Å². The van der Waals surface area contributed by atoms with Crippen LogP contribution in [0.15, 0.2) is 73.1 Å². The monoisotopic (exact) mass is 318 g/mol. The molecule has 0 aliphatic rings. The quantitative estimate of drug-likeness (QED) is 0.613. The van der Waals surface area contributed by atoms with Crippen molar-refractivity contribution in [1.29, 1.82) is 0 Å². The molecule has 0 bridgehead atoms. The average molecular weight is 318 g/mol. The number of aromatic nitrogens is 2. The molecule has 24 heavy (non-hydrogen) atoms. The van der Waals surface area contributed by atoms with Crippen LogP contribution in [0, 0.1) is 0 Å². The van der Waals surface area contributed by atoms with Crippen LogP contribution in [-0.4, -0.2) is 16.5 Å². The second-order valence-corrected chi connectivity index (χ2v) is 5.64. The molecular formula is C20H22N4. The van der Waals surface area contributed by atoms with Crippen LogP contribution < -0.4 is 10.6 Å². The Kier molecular flexibility index (Phi) is 5.78. The van der Waals surface area contributed by atoms with E-state index >= 15 is 0 Å². The molecule has 0 aliphatic heterocycles. The van der Waals surface area contributed by atoms with Gasteiger partial charge in [-0.1, -0.05) is 60.7 Å². The minimum Gasteiger partial charge on any atom is -0.370 e. The number of rotatable bonds is 8. The molecule has 0 unspecified atom stereocenters. The van der Waals surface area contributed by atoms with Gasteiger partial charge in [0, 0.05) is 19.2 Å². The molecule has 0 spiro atoms. The van der Waals surface area contributed by atoms with Crippen molar-refractivity contribution in [3.63, 3.8) is 0 Å². The summed E-state index contributed by atoms with van der Waals surface area (Å²) in [6, 6.07) is 22.8. The first kappa shape index (κ1) is 16.0. The van der Waals surface area contributed by atoms with Crippen molar-refractivity contribution < 1.29 is 0 Å². The van der Waals surface area contributed by atoms with Crippen LogP contribution in [-0.2, 0) is 13.0 Å². The van der Waals surface area contributed by atoms with Crippen molar-refractivity contribution in [3.8, 4) is 0 Å². The summed E-state index contributed by atoms with van der Waals surface area (Å²) in [4.78, 5) is 8.54. The summed E-state index contributed by atoms with van der Waals surface area (Å²) in [5, 5.41) is 6.69. The van der Waals surface area contributed by atoms with Gasteiger partial charge in [-0.25, -0.2) is 9.97 Å². The van der Waals surface area contributed by atoms with Crippen molar-refractivity contribution in [1.82, 2.24) is 9.97 Å². The molecule has 0 saturated carbocycles. The van der Waals surface area contributed by atoms with Crippen molar-refractivity contribution in [2.45, 2.75) is 19.4 Å². The molecule has 2 aromatic carbocycles. The minimum atomic E-state index is 0.755. The highest BCUT2D eigenvalue weighted by Gasteiger charge is 1.99. The van der Waals surface area contributed by atoms with Crippen LogP contribution in [0.2, 0.25) is 0 Å². The van der Waals surface area contributed by atoms with Gasteiger partial charge in [-0.05, 0) is 24.0 Å². The number of aryl methyl sites for hydroxylation is 1. The normalized spacial score (nSPS) is 10.3. The van der Waals surface area contributed by atoms with Gasteiger partial charge in [-0.3, -0.25) is 0 Å². The number of anilines is 2. The number of nitrogens with zero attached hydrogens (tertiary/aromatic N) is 2. The van der Waals surface area contributed by atoms with Gasteiger partial charge in [0.2, 0.25) is 0 Å². The fourth-order valence-corrected chi connectivity index (χ4v) is 2.49. The first-order valence-corrected chi connectivity index (χ1v) is 8.28. The van der Waals surface area contributed by atoms with Crippen molar-refractivity contribution in [3.05, 3.63) is 84.2 Å². The molecule has 0 radical (unpaired) electrons. The Labute approximate surface area is 143 Å². The smallest absolute Gasteiger partial charge is 0.131 e. The van der Waals surface area contributed by atoms with Crippen LogP contribution in [0.25, 0.3) is 0 Å². The van der Waals surface area contributed by atoms with Crippen molar-refractivity contribution >= 4 is 11.6 Å². The number of benzene rings is 2. The highest BCUT2D eigenvalue weighted by atomic mass is 15.1. The molecule has 2 N–H and O–H groups in total. The maximum atomic E-state index is 4.28. The lowest BCUT2D eigenvalue weighted by Gasteiger charge is -2.09. The van der Waals surface area contributed by atoms with Gasteiger partial charge >= 0.3 is 0 Å². The first-order chi connectivity index (χ1) is 11.9. The lowest BCUT2D eigenvalue weighted by molar-refractivity contribution is 0.858. The summed E-state index contributed by atoms with van der Waals surface area (Å²) in [5.41, 5.74) is 2.60. The lowest BCUT2D eigenvalue weighted by atomic mass is 10.1. The zero-order valence-corrected chi connectivity index (χ0v) is 13.7. The first-order valence-electron chi connectivity index (χ1n) is 8.28. The van der Waals surface area contributed by atoms with E-state index in [0.717, 1.165) is 37.6 Å². The predicted molar refractivity (Wildman–Crippen MR) is 99.1 cm³/mol. The van der Waals surface area contributed by atoms with Gasteiger partial charge in [0.1, 0.15) is 18.0 Å². The zero-order valence-electron chi connectivity index (χ0n) is 13.7. The SMILES string of the molecule is c1ccc(CCCNc2cc(NCc3ccccc3)ncn2)cc1. The zero-order chi connectivity index (χ0) is 16.5. The second-order valence-electron chi connectivity index (χ2n) is 5.64. The number of hydrogen-bond donors (Lipinski definition) is 2. The number of hydrogen-bond acceptors (Lipinski definition) is 4. The Hall–Kier alpha value is -2.88. The third kappa shape index (κ3) is 5.09. The minimum absolute atomic E-state index is 0.755. The van der Waals surface area contributed by atoms with E-state index < -0.39 is 0 Å². The molecule has 0 atom stereocenters. The summed E-state index contributed by atoms with van der Waals surface area (Å²) in [6.07, 6.45) is 3.73. The molecule has 1 aromatic heterocycles. The van der Waals surface area contributed by atoms with Crippen LogP contribution in [0.5, 0.6) is 0 Å². The van der Waals surface area contributed by atoms with E-state index in [0.29, 0.717) is 0 Å². The topological polar surface area (TPSA) is 49.8 Å². The molecular weight excluding hydrogens is 296 g/mol. The fraction of sp³-hybridized carbons (Fsp3) is 0.200. The average Bonchev–Trinajstić information content (AvgIpc) is 2.66. The highest BCUT2D eigenvalue weighted by Crippen LogP contribution is 2.11. The summed E-state index contributed by atoms with van der Waals surface area (Å²) in [5.74, 6) is 1.69. The summed E-state index contributed by atoms with van der Waals surface area (Å²) in [7, 11) is 0. The molecule has 3 rings (SSSR count). The van der Waals surface area contributed by atoms with Gasteiger partial charge in [-0.2, -0.15) is 0 Å². The van der Waals surface area contributed by atoms with Gasteiger partial charge in [0.15, 0.2) is 0 Å². The van der Waals surface area contributed by atoms with Gasteiger partial charge in [-0.15, -0.1) is 0 Å². The second kappa shape index (κ2) is 8.67. The molecule has 1 heterocycles. The summed E-state index contributed by atoms with van der Waals surface area (Å²) < 4.78 is 0. The van der Waals surface area contributed by atoms with E-state index in [-0.39, 0.29) is 0 Å².